The van der Waals surface area contributed by atoms with Crippen molar-refractivity contribution in [2.45, 2.75) is 25.9 Å². The molecule has 0 aromatic carbocycles. The molecule has 0 rings (SSSR count). The van der Waals surface area contributed by atoms with E-state index < -0.39 is 0 Å². The summed E-state index contributed by atoms with van der Waals surface area (Å²) in [6.07, 6.45) is 5.58. The lowest BCUT2D eigenvalue weighted by molar-refractivity contribution is -0.0848. The maximum absolute atomic E-state index is 5.23. The normalized spacial score (nSPS) is 13.1. The third-order valence-electron chi connectivity index (χ3n) is 3.42. The van der Waals surface area contributed by atoms with E-state index in [1.807, 2.05) is 0 Å². The first-order valence-electron chi connectivity index (χ1n) is 7.96. The van der Waals surface area contributed by atoms with E-state index in [0.29, 0.717) is 0 Å². The molecule has 5 nitrogen and oxygen atoms in total. The van der Waals surface area contributed by atoms with Gasteiger partial charge in [-0.25, -0.2) is 0 Å². The lowest BCUT2D eigenvalue weighted by atomic mass is 10.4. The Morgan fingerprint density at radius 3 is 1.45 bits per heavy atom. The maximum Gasteiger partial charge on any atom is 0.160 e. The number of hydrogen-bond acceptors (Lipinski definition) is 5. The highest BCUT2D eigenvalue weighted by Gasteiger charge is 2.08. The van der Waals surface area contributed by atoms with Gasteiger partial charge in [-0.2, -0.15) is 0 Å². The van der Waals surface area contributed by atoms with Crippen LogP contribution in [0.3, 0.4) is 0 Å². The van der Waals surface area contributed by atoms with E-state index in [0.717, 1.165) is 29.5 Å². The van der Waals surface area contributed by atoms with Crippen molar-refractivity contribution in [2.75, 3.05) is 72.7 Å². The predicted octanol–water partition coefficient (Wildman–Crippen LogP) is 2.29. The Kier molecular flexibility index (Phi) is 17.0. The molecule has 0 spiro atoms. The van der Waals surface area contributed by atoms with Crippen molar-refractivity contribution in [3.8, 4) is 0 Å². The fourth-order valence-electron chi connectivity index (χ4n) is 2.09. The van der Waals surface area contributed by atoms with Gasteiger partial charge in [-0.05, 0) is 25.3 Å². The lowest BCUT2D eigenvalue weighted by Crippen LogP contribution is -2.29. The van der Waals surface area contributed by atoms with Crippen molar-refractivity contribution in [2.24, 2.45) is 0 Å². The van der Waals surface area contributed by atoms with Crippen LogP contribution in [0.25, 0.3) is 0 Å². The molecule has 0 fully saturated rings. The van der Waals surface area contributed by atoms with Crippen molar-refractivity contribution >= 4 is 17.2 Å². The molecule has 0 amide bonds. The van der Waals surface area contributed by atoms with Crippen LogP contribution < -0.4 is 0 Å². The average molecular weight is 355 g/mol. The van der Waals surface area contributed by atoms with E-state index in [4.69, 9.17) is 18.9 Å². The van der Waals surface area contributed by atoms with E-state index in [1.165, 1.54) is 38.4 Å². The molecule has 2 unspecified atom stereocenters. The van der Waals surface area contributed by atoms with Crippen molar-refractivity contribution in [1.29, 1.82) is 0 Å². The highest BCUT2D eigenvalue weighted by atomic mass is 31.1. The Morgan fingerprint density at radius 1 is 0.727 bits per heavy atom. The summed E-state index contributed by atoms with van der Waals surface area (Å²) < 4.78 is 20.9. The van der Waals surface area contributed by atoms with Gasteiger partial charge in [-0.1, -0.05) is 6.92 Å². The summed E-state index contributed by atoms with van der Waals surface area (Å²) >= 11 is 0. The largest absolute Gasteiger partial charge is 0.356 e. The fraction of sp³-hybridized carbons (Fsp3) is 1.00. The van der Waals surface area contributed by atoms with Crippen molar-refractivity contribution in [3.05, 3.63) is 0 Å². The second-order valence-corrected chi connectivity index (χ2v) is 7.87. The second-order valence-electron chi connectivity index (χ2n) is 5.05. The zero-order valence-electron chi connectivity index (χ0n) is 14.9. The van der Waals surface area contributed by atoms with Crippen molar-refractivity contribution in [1.82, 2.24) is 4.90 Å². The minimum Gasteiger partial charge on any atom is -0.356 e. The monoisotopic (exact) mass is 355 g/mol. The number of rotatable bonds is 16. The average Bonchev–Trinajstić information content (AvgIpc) is 2.55. The molecule has 0 saturated heterocycles. The van der Waals surface area contributed by atoms with Gasteiger partial charge in [0.1, 0.15) is 0 Å². The Morgan fingerprint density at radius 2 is 1.14 bits per heavy atom. The molecule has 0 aromatic rings. The molecule has 0 bridgehead atoms. The predicted molar refractivity (Wildman–Crippen MR) is 98.4 cm³/mol. The highest BCUT2D eigenvalue weighted by Crippen LogP contribution is 2.16. The summed E-state index contributed by atoms with van der Waals surface area (Å²) in [4.78, 5) is 2.57. The molecule has 0 saturated carbocycles. The van der Waals surface area contributed by atoms with E-state index >= 15 is 0 Å². The molecular weight excluding hydrogens is 320 g/mol. The minimum atomic E-state index is -0.0422. The molecule has 0 N–H and O–H groups in total. The molecule has 0 aliphatic heterocycles. The van der Waals surface area contributed by atoms with Gasteiger partial charge in [0.25, 0.3) is 0 Å². The van der Waals surface area contributed by atoms with Crippen LogP contribution in [0.5, 0.6) is 0 Å². The zero-order valence-corrected chi connectivity index (χ0v) is 16.9. The number of hydrogen-bond donors (Lipinski definition) is 0. The first-order valence-corrected chi connectivity index (χ1v) is 10.8. The first-order chi connectivity index (χ1) is 10.7. The van der Waals surface area contributed by atoms with Crippen LogP contribution in [0.4, 0.5) is 0 Å². The Labute approximate surface area is 140 Å². The Hall–Kier alpha value is 0.660. The molecule has 0 aromatic heterocycles. The van der Waals surface area contributed by atoms with Crippen LogP contribution in [-0.2, 0) is 18.9 Å². The van der Waals surface area contributed by atoms with Gasteiger partial charge in [0, 0.05) is 53.9 Å². The van der Waals surface area contributed by atoms with E-state index in [2.05, 4.69) is 11.8 Å². The SMILES string of the molecule is CCCN(CCPCC(OC)OC)CCPCC(OC)OC. The van der Waals surface area contributed by atoms with Crippen LogP contribution >= 0.6 is 17.2 Å². The Balaban J connectivity index is 3.76. The van der Waals surface area contributed by atoms with Gasteiger partial charge in [-0.3, -0.25) is 0 Å². The maximum atomic E-state index is 5.23. The first kappa shape index (κ1) is 22.7. The molecule has 0 aliphatic carbocycles. The summed E-state index contributed by atoms with van der Waals surface area (Å²) in [7, 11) is 8.61. The lowest BCUT2D eigenvalue weighted by Gasteiger charge is -2.22. The van der Waals surface area contributed by atoms with Crippen molar-refractivity contribution in [3.63, 3.8) is 0 Å². The van der Waals surface area contributed by atoms with Crippen LogP contribution in [-0.4, -0.2) is 90.2 Å². The number of ether oxygens (including phenoxy) is 4. The molecule has 0 heterocycles. The highest BCUT2D eigenvalue weighted by molar-refractivity contribution is 7.38. The van der Waals surface area contributed by atoms with Gasteiger partial charge in [0.05, 0.1) is 0 Å². The van der Waals surface area contributed by atoms with Crippen LogP contribution in [0.2, 0.25) is 0 Å². The summed E-state index contributed by atoms with van der Waals surface area (Å²) in [5.41, 5.74) is 0. The molecule has 134 valence electrons. The zero-order chi connectivity index (χ0) is 16.6. The van der Waals surface area contributed by atoms with E-state index in [9.17, 15) is 0 Å². The molecule has 7 heteroatoms. The van der Waals surface area contributed by atoms with Crippen molar-refractivity contribution < 1.29 is 18.9 Å². The standard InChI is InChI=1S/C15H35NO4P2/c1-6-7-16(8-10-21-12-14(17-2)18-3)9-11-22-13-15(19-4)20-5/h14-15,21-22H,6-13H2,1-5H3. The van der Waals surface area contributed by atoms with E-state index in [1.54, 1.807) is 28.4 Å². The fourth-order valence-corrected chi connectivity index (χ4v) is 4.59. The molecule has 2 atom stereocenters. The quantitative estimate of drug-likeness (QED) is 0.241. The Bertz CT molecular complexity index is 210. The van der Waals surface area contributed by atoms with Gasteiger partial charge in [-0.15, -0.1) is 17.2 Å². The van der Waals surface area contributed by atoms with Gasteiger partial charge < -0.3 is 23.8 Å². The summed E-state index contributed by atoms with van der Waals surface area (Å²) in [6.45, 7) is 5.78. The topological polar surface area (TPSA) is 40.2 Å². The van der Waals surface area contributed by atoms with E-state index in [-0.39, 0.29) is 12.6 Å². The summed E-state index contributed by atoms with van der Waals surface area (Å²) in [5, 5.41) is 0. The van der Waals surface area contributed by atoms with Crippen LogP contribution in [0.15, 0.2) is 0 Å². The minimum absolute atomic E-state index is 0.0422. The third-order valence-corrected chi connectivity index (χ3v) is 5.82. The molecular formula is C15H35NO4P2. The summed E-state index contributed by atoms with van der Waals surface area (Å²) in [6, 6.07) is 0. The van der Waals surface area contributed by atoms with Gasteiger partial charge in [0.15, 0.2) is 12.6 Å². The number of methoxy groups -OCH3 is 4. The smallest absolute Gasteiger partial charge is 0.160 e. The second kappa shape index (κ2) is 16.5. The van der Waals surface area contributed by atoms with Crippen LogP contribution in [0, 0.1) is 0 Å². The van der Waals surface area contributed by atoms with Crippen LogP contribution in [0.1, 0.15) is 13.3 Å². The third kappa shape index (κ3) is 12.1. The summed E-state index contributed by atoms with van der Waals surface area (Å²) in [5.74, 6) is 0. The molecule has 0 aliphatic rings. The van der Waals surface area contributed by atoms with Gasteiger partial charge in [0.2, 0.25) is 0 Å². The molecule has 0 radical (unpaired) electrons. The van der Waals surface area contributed by atoms with Gasteiger partial charge >= 0.3 is 0 Å². The number of nitrogens with zero attached hydrogens (tertiary/aromatic N) is 1. The molecule has 22 heavy (non-hydrogen) atoms.